The number of alkyl halides is 3. The van der Waals surface area contributed by atoms with Crippen LogP contribution < -0.4 is 20.7 Å². The number of aromatic nitrogens is 4. The molecule has 30 heavy (non-hydrogen) atoms. The van der Waals surface area contributed by atoms with E-state index in [4.69, 9.17) is 9.47 Å². The summed E-state index contributed by atoms with van der Waals surface area (Å²) < 4.78 is 50.3. The molecular formula is C18H13F3N4O5. The monoisotopic (exact) mass is 422 g/mol. The number of hydrogen-bond acceptors (Lipinski definition) is 7. The molecule has 3 aromatic heterocycles. The summed E-state index contributed by atoms with van der Waals surface area (Å²) >= 11 is 0. The van der Waals surface area contributed by atoms with Gasteiger partial charge in [0.15, 0.2) is 6.29 Å². The molecule has 0 aromatic carbocycles. The maximum atomic E-state index is 13.0. The molecule has 0 N–H and O–H groups in total. The molecular weight excluding hydrogens is 409 g/mol. The van der Waals surface area contributed by atoms with E-state index in [-0.39, 0.29) is 24.2 Å². The maximum Gasteiger partial charge on any atom is 0.431 e. The van der Waals surface area contributed by atoms with Gasteiger partial charge in [-0.05, 0) is 12.1 Å². The molecule has 0 unspecified atom stereocenters. The lowest BCUT2D eigenvalue weighted by molar-refractivity contribution is -0.144. The highest BCUT2D eigenvalue weighted by molar-refractivity contribution is 5.51. The Morgan fingerprint density at radius 3 is 2.60 bits per heavy atom. The number of nitrogens with zero attached hydrogens (tertiary/aromatic N) is 4. The Kier molecular flexibility index (Phi) is 5.67. The average Bonchev–Trinajstić information content (AvgIpc) is 2.69. The van der Waals surface area contributed by atoms with Crippen LogP contribution in [0.4, 0.5) is 13.2 Å². The summed E-state index contributed by atoms with van der Waals surface area (Å²) in [6.45, 7) is -0.169. The minimum Gasteiger partial charge on any atom is -0.486 e. The van der Waals surface area contributed by atoms with Crippen LogP contribution in [0.15, 0.2) is 52.2 Å². The Morgan fingerprint density at radius 2 is 1.90 bits per heavy atom. The van der Waals surface area contributed by atoms with E-state index < -0.39 is 23.1 Å². The van der Waals surface area contributed by atoms with Crippen molar-refractivity contribution in [3.63, 3.8) is 0 Å². The third-order valence-corrected chi connectivity index (χ3v) is 3.78. The highest BCUT2D eigenvalue weighted by Crippen LogP contribution is 2.27. The van der Waals surface area contributed by atoms with Crippen LogP contribution in [0.5, 0.6) is 17.5 Å². The van der Waals surface area contributed by atoms with Gasteiger partial charge in [0.25, 0.3) is 5.56 Å². The molecule has 3 heterocycles. The lowest BCUT2D eigenvalue weighted by Gasteiger charge is -2.13. The first kappa shape index (κ1) is 20.8. The van der Waals surface area contributed by atoms with E-state index >= 15 is 0 Å². The van der Waals surface area contributed by atoms with E-state index in [1.165, 1.54) is 36.5 Å². The normalized spacial score (nSPS) is 11.2. The number of hydrogen-bond donors (Lipinski definition) is 0. The van der Waals surface area contributed by atoms with Gasteiger partial charge < -0.3 is 9.47 Å². The van der Waals surface area contributed by atoms with Crippen molar-refractivity contribution in [2.24, 2.45) is 7.05 Å². The number of aldehydes is 1. The van der Waals surface area contributed by atoms with Crippen LogP contribution in [0.25, 0.3) is 5.82 Å². The van der Waals surface area contributed by atoms with E-state index in [1.807, 2.05) is 0 Å². The Balaban J connectivity index is 1.97. The van der Waals surface area contributed by atoms with Gasteiger partial charge in [-0.15, -0.1) is 0 Å². The Hall–Kier alpha value is -3.96. The van der Waals surface area contributed by atoms with Crippen LogP contribution in [0.3, 0.4) is 0 Å². The summed E-state index contributed by atoms with van der Waals surface area (Å²) in [6, 6.07) is 7.23. The van der Waals surface area contributed by atoms with Crippen molar-refractivity contribution in [1.29, 1.82) is 0 Å². The van der Waals surface area contributed by atoms with E-state index in [0.717, 1.165) is 7.05 Å². The topological polar surface area (TPSA) is 105 Å². The Morgan fingerprint density at radius 1 is 1.13 bits per heavy atom. The predicted molar refractivity (Wildman–Crippen MR) is 95.9 cm³/mol. The first-order valence-corrected chi connectivity index (χ1v) is 8.29. The van der Waals surface area contributed by atoms with E-state index in [1.54, 1.807) is 0 Å². The predicted octanol–water partition coefficient (Wildman–Crippen LogP) is 1.71. The molecule has 0 aliphatic rings. The maximum absolute atomic E-state index is 13.0. The van der Waals surface area contributed by atoms with E-state index in [9.17, 15) is 27.6 Å². The third kappa shape index (κ3) is 4.37. The zero-order valence-electron chi connectivity index (χ0n) is 15.3. The van der Waals surface area contributed by atoms with Gasteiger partial charge in [0, 0.05) is 31.4 Å². The van der Waals surface area contributed by atoms with Crippen molar-refractivity contribution >= 4 is 6.29 Å². The zero-order chi connectivity index (χ0) is 21.9. The number of halogens is 3. The number of carbonyl (C=O) groups excluding carboxylic acids is 1. The Bertz CT molecular complexity index is 1200. The first-order chi connectivity index (χ1) is 14.2. The first-order valence-electron chi connectivity index (χ1n) is 8.29. The molecule has 0 bridgehead atoms. The number of ether oxygens (including phenoxy) is 2. The van der Waals surface area contributed by atoms with Gasteiger partial charge in [-0.3, -0.25) is 14.2 Å². The molecule has 0 saturated carbocycles. The van der Waals surface area contributed by atoms with Gasteiger partial charge in [0.1, 0.15) is 23.9 Å². The fourth-order valence-electron chi connectivity index (χ4n) is 2.47. The van der Waals surface area contributed by atoms with Crippen molar-refractivity contribution < 1.29 is 27.4 Å². The van der Waals surface area contributed by atoms with Gasteiger partial charge >= 0.3 is 11.9 Å². The quantitative estimate of drug-likeness (QED) is 0.557. The smallest absolute Gasteiger partial charge is 0.431 e. The minimum atomic E-state index is -4.87. The highest BCUT2D eigenvalue weighted by atomic mass is 19.4. The summed E-state index contributed by atoms with van der Waals surface area (Å²) in [5, 5.41) is 0. The fraction of sp³-hybridized carbons (Fsp3) is 0.167. The van der Waals surface area contributed by atoms with E-state index in [0.29, 0.717) is 27.2 Å². The van der Waals surface area contributed by atoms with Crippen LogP contribution in [-0.2, 0) is 18.0 Å². The van der Waals surface area contributed by atoms with Crippen molar-refractivity contribution in [3.05, 3.63) is 69.1 Å². The molecule has 0 amide bonds. The van der Waals surface area contributed by atoms with Crippen LogP contribution in [0.2, 0.25) is 0 Å². The molecule has 0 spiro atoms. The lowest BCUT2D eigenvalue weighted by atomic mass is 10.3. The lowest BCUT2D eigenvalue weighted by Crippen LogP contribution is -2.41. The molecule has 3 rings (SSSR count). The minimum absolute atomic E-state index is 0.0377. The van der Waals surface area contributed by atoms with Crippen molar-refractivity contribution in [2.45, 2.75) is 6.18 Å². The summed E-state index contributed by atoms with van der Waals surface area (Å²) in [4.78, 5) is 42.9. The van der Waals surface area contributed by atoms with Gasteiger partial charge in [0.05, 0.1) is 0 Å². The molecule has 0 saturated heterocycles. The summed E-state index contributed by atoms with van der Waals surface area (Å²) in [5.41, 5.74) is -3.79. The number of pyridine rings is 2. The average molecular weight is 422 g/mol. The largest absolute Gasteiger partial charge is 0.486 e. The molecule has 0 fully saturated rings. The van der Waals surface area contributed by atoms with Crippen LogP contribution in [0.1, 0.15) is 5.69 Å². The highest BCUT2D eigenvalue weighted by Gasteiger charge is 2.35. The standard InChI is InChI=1S/C18H13F3N4O5/c1-24-12(18(19,20)21)10-16(27)25(17(24)28)13-3-2-4-14(23-13)30-15-9-11(5-6-22-15)29-8-7-26/h2-7,9-10H,8H2,1H3. The number of rotatable bonds is 6. The molecule has 0 radical (unpaired) electrons. The SMILES string of the molecule is Cn1c(C(F)(F)F)cc(=O)n(-c2cccc(Oc3cc(OCC=O)ccn3)n2)c1=O. The molecule has 0 aliphatic heterocycles. The summed E-state index contributed by atoms with van der Waals surface area (Å²) in [6.07, 6.45) is -2.95. The second-order valence-corrected chi connectivity index (χ2v) is 5.79. The summed E-state index contributed by atoms with van der Waals surface area (Å²) in [5.74, 6) is 0.0216. The van der Waals surface area contributed by atoms with Crippen molar-refractivity contribution in [2.75, 3.05) is 6.61 Å². The van der Waals surface area contributed by atoms with E-state index in [2.05, 4.69) is 9.97 Å². The Labute approximate surface area is 166 Å². The summed E-state index contributed by atoms with van der Waals surface area (Å²) in [7, 11) is 0.899. The van der Waals surface area contributed by atoms with Crippen LogP contribution in [-0.4, -0.2) is 32.0 Å². The molecule has 0 aliphatic carbocycles. The zero-order valence-corrected chi connectivity index (χ0v) is 15.3. The van der Waals surface area contributed by atoms with Crippen LogP contribution >= 0.6 is 0 Å². The molecule has 0 atom stereocenters. The second-order valence-electron chi connectivity index (χ2n) is 5.79. The third-order valence-electron chi connectivity index (χ3n) is 3.78. The second kappa shape index (κ2) is 8.19. The molecule has 156 valence electrons. The molecule has 3 aromatic rings. The van der Waals surface area contributed by atoms with Crippen molar-refractivity contribution in [3.8, 4) is 23.3 Å². The van der Waals surface area contributed by atoms with Gasteiger partial charge in [-0.2, -0.15) is 18.2 Å². The van der Waals surface area contributed by atoms with Crippen molar-refractivity contribution in [1.82, 2.24) is 19.1 Å². The van der Waals surface area contributed by atoms with Gasteiger partial charge in [-0.25, -0.2) is 14.3 Å². The van der Waals surface area contributed by atoms with Gasteiger partial charge in [-0.1, -0.05) is 6.07 Å². The fourth-order valence-corrected chi connectivity index (χ4v) is 2.47. The molecule has 12 heteroatoms. The van der Waals surface area contributed by atoms with Gasteiger partial charge in [0.2, 0.25) is 11.8 Å². The number of carbonyl (C=O) groups is 1. The van der Waals surface area contributed by atoms with Crippen LogP contribution in [0, 0.1) is 0 Å². The molecule has 9 nitrogen and oxygen atoms in total.